The van der Waals surface area contributed by atoms with Gasteiger partial charge in [-0.05, 0) is 13.8 Å². The summed E-state index contributed by atoms with van der Waals surface area (Å²) < 4.78 is 19.6. The molecule has 2 fully saturated rings. The predicted molar refractivity (Wildman–Crippen MR) is 55.7 cm³/mol. The number of rotatable bonds is 1. The number of nitrogens with one attached hydrogen (secondary N) is 1. The fraction of sp³-hybridized carbons (Fsp3) is 0.900. The van der Waals surface area contributed by atoms with Crippen molar-refractivity contribution in [3.05, 3.63) is 0 Å². The summed E-state index contributed by atoms with van der Waals surface area (Å²) in [6.07, 6.45) is -3.68. The molecule has 2 saturated heterocycles. The molecule has 0 spiro atoms. The monoisotopic (exact) mass is 248 g/mol. The first-order valence-corrected chi connectivity index (χ1v) is 5.61. The Morgan fingerprint density at radius 2 is 2.24 bits per heavy atom. The van der Waals surface area contributed by atoms with Crippen LogP contribution >= 0.6 is 0 Å². The van der Waals surface area contributed by atoms with Crippen molar-refractivity contribution in [3.63, 3.8) is 0 Å². The first-order valence-electron chi connectivity index (χ1n) is 5.61. The van der Waals surface area contributed by atoms with Gasteiger partial charge in [0.2, 0.25) is 0 Å². The van der Waals surface area contributed by atoms with Crippen LogP contribution in [0.4, 0.5) is 9.18 Å². The van der Waals surface area contributed by atoms with Gasteiger partial charge < -0.3 is 20.3 Å². The van der Waals surface area contributed by atoms with Crippen molar-refractivity contribution in [1.29, 1.82) is 0 Å². The van der Waals surface area contributed by atoms with Crippen molar-refractivity contribution in [2.75, 3.05) is 6.54 Å². The molecule has 0 bridgehead atoms. The first-order chi connectivity index (χ1) is 7.84. The number of amides is 2. The van der Waals surface area contributed by atoms with Gasteiger partial charge in [0.05, 0.1) is 6.10 Å². The number of aliphatic hydroxyl groups excluding tert-OH is 2. The van der Waals surface area contributed by atoms with Crippen LogP contribution in [0.5, 0.6) is 0 Å². The molecule has 2 aliphatic heterocycles. The maximum absolute atomic E-state index is 14.3. The van der Waals surface area contributed by atoms with E-state index >= 15 is 0 Å². The largest absolute Gasteiger partial charge is 0.387 e. The van der Waals surface area contributed by atoms with Gasteiger partial charge in [0.25, 0.3) is 0 Å². The Balaban J connectivity index is 2.15. The van der Waals surface area contributed by atoms with Crippen LogP contribution in [0, 0.1) is 0 Å². The average molecular weight is 248 g/mol. The van der Waals surface area contributed by atoms with E-state index in [-0.39, 0.29) is 6.54 Å². The molecule has 2 heterocycles. The number of halogens is 1. The van der Waals surface area contributed by atoms with Gasteiger partial charge in [-0.25, -0.2) is 9.18 Å². The lowest BCUT2D eigenvalue weighted by atomic mass is 9.98. The quantitative estimate of drug-likeness (QED) is 0.587. The summed E-state index contributed by atoms with van der Waals surface area (Å²) >= 11 is 0. The minimum absolute atomic E-state index is 0.191. The van der Waals surface area contributed by atoms with E-state index in [1.807, 2.05) is 0 Å². The lowest BCUT2D eigenvalue weighted by Gasteiger charge is -2.38. The molecule has 0 radical (unpaired) electrons. The maximum Gasteiger partial charge on any atom is 0.321 e. The number of carbonyl (C=O) groups excluding carboxylic acids is 1. The van der Waals surface area contributed by atoms with Gasteiger partial charge in [0.15, 0.2) is 11.9 Å². The Bertz CT molecular complexity index is 325. The number of hydrogen-bond donors (Lipinski definition) is 3. The van der Waals surface area contributed by atoms with Gasteiger partial charge >= 0.3 is 6.03 Å². The molecular formula is C10H17FN2O4. The Hall–Kier alpha value is -0.920. The van der Waals surface area contributed by atoms with Crippen molar-refractivity contribution >= 4 is 6.03 Å². The van der Waals surface area contributed by atoms with Crippen LogP contribution in [0.25, 0.3) is 0 Å². The molecule has 7 heteroatoms. The van der Waals surface area contributed by atoms with Crippen molar-refractivity contribution < 1.29 is 24.1 Å². The highest BCUT2D eigenvalue weighted by molar-refractivity contribution is 5.75. The Kier molecular flexibility index (Phi) is 3.01. The van der Waals surface area contributed by atoms with Gasteiger partial charge in [-0.1, -0.05) is 0 Å². The van der Waals surface area contributed by atoms with Crippen molar-refractivity contribution in [2.45, 2.75) is 50.6 Å². The summed E-state index contributed by atoms with van der Waals surface area (Å²) in [7, 11) is 0. The van der Waals surface area contributed by atoms with Crippen LogP contribution in [-0.2, 0) is 4.74 Å². The molecule has 0 aliphatic carbocycles. The van der Waals surface area contributed by atoms with E-state index < -0.39 is 36.4 Å². The predicted octanol–water partition coefficient (Wildman–Crippen LogP) is -0.446. The molecular weight excluding hydrogens is 231 g/mol. The van der Waals surface area contributed by atoms with Crippen molar-refractivity contribution in [1.82, 2.24) is 10.2 Å². The molecule has 0 saturated carbocycles. The number of carbonyl (C=O) groups is 1. The minimum atomic E-state index is -2.01. The molecule has 0 aromatic rings. The number of ether oxygens (including phenoxy) is 1. The summed E-state index contributed by atoms with van der Waals surface area (Å²) in [6, 6.07) is -0.584. The number of aliphatic hydroxyl groups is 2. The third-order valence-corrected chi connectivity index (χ3v) is 3.33. The molecule has 6 nitrogen and oxygen atoms in total. The molecule has 2 rings (SSSR count). The molecule has 0 aromatic heterocycles. The topological polar surface area (TPSA) is 82.0 Å². The molecule has 98 valence electrons. The second kappa shape index (κ2) is 4.08. The van der Waals surface area contributed by atoms with Crippen LogP contribution < -0.4 is 5.32 Å². The van der Waals surface area contributed by atoms with E-state index in [4.69, 9.17) is 4.74 Å². The summed E-state index contributed by atoms with van der Waals surface area (Å²) in [5.41, 5.74) is -2.01. The fourth-order valence-electron chi connectivity index (χ4n) is 2.28. The third-order valence-electron chi connectivity index (χ3n) is 3.33. The highest BCUT2D eigenvalue weighted by Gasteiger charge is 2.56. The zero-order valence-corrected chi connectivity index (χ0v) is 9.76. The van der Waals surface area contributed by atoms with Gasteiger partial charge in [0, 0.05) is 13.0 Å². The lowest BCUT2D eigenvalue weighted by Crippen LogP contribution is -2.60. The molecule has 3 N–H and O–H groups in total. The van der Waals surface area contributed by atoms with E-state index in [0.717, 1.165) is 0 Å². The number of urea groups is 1. The van der Waals surface area contributed by atoms with Crippen molar-refractivity contribution in [3.8, 4) is 0 Å². The zero-order valence-electron chi connectivity index (χ0n) is 9.76. The zero-order chi connectivity index (χ0) is 12.8. The second-order valence-corrected chi connectivity index (χ2v) is 4.74. The van der Waals surface area contributed by atoms with Crippen molar-refractivity contribution in [2.24, 2.45) is 0 Å². The smallest absolute Gasteiger partial charge is 0.321 e. The highest BCUT2D eigenvalue weighted by Crippen LogP contribution is 2.36. The van der Waals surface area contributed by atoms with Crippen LogP contribution in [0.15, 0.2) is 0 Å². The number of alkyl halides is 1. The maximum atomic E-state index is 14.3. The summed E-state index contributed by atoms with van der Waals surface area (Å²) in [4.78, 5) is 12.8. The normalized spacial score (nSPS) is 47.1. The lowest BCUT2D eigenvalue weighted by molar-refractivity contribution is -0.0890. The van der Waals surface area contributed by atoms with Gasteiger partial charge in [-0.3, -0.25) is 4.90 Å². The Morgan fingerprint density at radius 1 is 1.59 bits per heavy atom. The molecule has 2 aliphatic rings. The van der Waals surface area contributed by atoms with E-state index in [1.54, 1.807) is 6.92 Å². The highest BCUT2D eigenvalue weighted by atomic mass is 19.1. The van der Waals surface area contributed by atoms with Crippen LogP contribution in [-0.4, -0.2) is 58.0 Å². The standard InChI is InChI=1S/C10H17FN2O4/c1-5-7(15)10(2,11)8(17-5)13-4-3-6(14)12-9(13)16/h5-8,14-15H,3-4H2,1-2H3,(H,12,16)/t5-,6?,7-,8?,10-/m1/s1. The van der Waals surface area contributed by atoms with Crippen LogP contribution in [0.1, 0.15) is 20.3 Å². The fourth-order valence-corrected chi connectivity index (χ4v) is 2.28. The van der Waals surface area contributed by atoms with E-state index in [1.165, 1.54) is 11.8 Å². The SMILES string of the molecule is C[C@H]1OC(N2CCC(O)NC2=O)[C@](C)(F)[C@@H]1O. The van der Waals surface area contributed by atoms with E-state index in [0.29, 0.717) is 6.42 Å². The molecule has 17 heavy (non-hydrogen) atoms. The third kappa shape index (κ3) is 1.98. The Labute approximate surface area is 98.4 Å². The molecule has 0 aromatic carbocycles. The summed E-state index contributed by atoms with van der Waals surface area (Å²) in [5.74, 6) is 0. The van der Waals surface area contributed by atoms with Gasteiger partial charge in [0.1, 0.15) is 12.3 Å². The van der Waals surface area contributed by atoms with Crippen LogP contribution in [0.3, 0.4) is 0 Å². The number of nitrogens with zero attached hydrogens (tertiary/aromatic N) is 1. The Morgan fingerprint density at radius 3 is 2.71 bits per heavy atom. The molecule has 5 atom stereocenters. The summed E-state index contributed by atoms with van der Waals surface area (Å²) in [6.45, 7) is 2.96. The van der Waals surface area contributed by atoms with Gasteiger partial charge in [-0.15, -0.1) is 0 Å². The number of hydrogen-bond acceptors (Lipinski definition) is 4. The van der Waals surface area contributed by atoms with E-state index in [2.05, 4.69) is 5.32 Å². The second-order valence-electron chi connectivity index (χ2n) is 4.74. The van der Waals surface area contributed by atoms with Crippen LogP contribution in [0.2, 0.25) is 0 Å². The van der Waals surface area contributed by atoms with Gasteiger partial charge in [-0.2, -0.15) is 0 Å². The minimum Gasteiger partial charge on any atom is -0.387 e. The first kappa shape index (κ1) is 12.5. The summed E-state index contributed by atoms with van der Waals surface area (Å²) in [5, 5.41) is 21.2. The molecule has 2 amide bonds. The molecule has 2 unspecified atom stereocenters. The van der Waals surface area contributed by atoms with E-state index in [9.17, 15) is 19.4 Å². The average Bonchev–Trinajstić information content (AvgIpc) is 2.43.